The zero-order valence-electron chi connectivity index (χ0n) is 12.5. The van der Waals surface area contributed by atoms with Gasteiger partial charge in [0.1, 0.15) is 6.10 Å². The standard InChI is InChI=1S/C15H30N2O2/c1-3-4-5-9-17-15(18)12(2)19-11-14-8-6-7-13(14)10-16/h12-14H,3-11,16H2,1-2H3,(H,17,18). The van der Waals surface area contributed by atoms with Crippen molar-refractivity contribution in [2.45, 2.75) is 58.5 Å². The number of amides is 1. The summed E-state index contributed by atoms with van der Waals surface area (Å²) in [6, 6.07) is 0. The summed E-state index contributed by atoms with van der Waals surface area (Å²) < 4.78 is 5.71. The molecule has 1 aliphatic carbocycles. The Labute approximate surface area is 117 Å². The van der Waals surface area contributed by atoms with Gasteiger partial charge >= 0.3 is 0 Å². The first kappa shape index (κ1) is 16.4. The monoisotopic (exact) mass is 270 g/mol. The van der Waals surface area contributed by atoms with Crippen molar-refractivity contribution in [2.24, 2.45) is 17.6 Å². The van der Waals surface area contributed by atoms with Crippen LogP contribution in [0.15, 0.2) is 0 Å². The van der Waals surface area contributed by atoms with Crippen LogP contribution >= 0.6 is 0 Å². The third-order valence-electron chi connectivity index (χ3n) is 4.13. The number of carbonyl (C=O) groups is 1. The third-order valence-corrected chi connectivity index (χ3v) is 4.13. The van der Waals surface area contributed by atoms with Crippen LogP contribution in [0.4, 0.5) is 0 Å². The fourth-order valence-electron chi connectivity index (χ4n) is 2.72. The van der Waals surface area contributed by atoms with Crippen molar-refractivity contribution in [2.75, 3.05) is 19.7 Å². The minimum atomic E-state index is -0.347. The largest absolute Gasteiger partial charge is 0.368 e. The molecule has 1 saturated carbocycles. The summed E-state index contributed by atoms with van der Waals surface area (Å²) in [5, 5.41) is 2.93. The quantitative estimate of drug-likeness (QED) is 0.630. The lowest BCUT2D eigenvalue weighted by molar-refractivity contribution is -0.132. The lowest BCUT2D eigenvalue weighted by Crippen LogP contribution is -2.36. The van der Waals surface area contributed by atoms with E-state index < -0.39 is 0 Å². The van der Waals surface area contributed by atoms with Crippen LogP contribution in [0.5, 0.6) is 0 Å². The van der Waals surface area contributed by atoms with E-state index >= 15 is 0 Å². The summed E-state index contributed by atoms with van der Waals surface area (Å²) in [5.41, 5.74) is 5.75. The van der Waals surface area contributed by atoms with E-state index in [4.69, 9.17) is 10.5 Å². The number of hydrogen-bond acceptors (Lipinski definition) is 3. The summed E-state index contributed by atoms with van der Waals surface area (Å²) in [7, 11) is 0. The van der Waals surface area contributed by atoms with E-state index in [1.165, 1.54) is 25.7 Å². The zero-order chi connectivity index (χ0) is 14.1. The highest BCUT2D eigenvalue weighted by atomic mass is 16.5. The lowest BCUT2D eigenvalue weighted by atomic mass is 9.97. The Morgan fingerprint density at radius 2 is 2.11 bits per heavy atom. The van der Waals surface area contributed by atoms with Gasteiger partial charge in [-0.05, 0) is 44.6 Å². The summed E-state index contributed by atoms with van der Waals surface area (Å²) in [6.07, 6.45) is 6.68. The molecule has 0 aromatic carbocycles. The van der Waals surface area contributed by atoms with E-state index in [1.807, 2.05) is 6.92 Å². The van der Waals surface area contributed by atoms with Gasteiger partial charge in [-0.3, -0.25) is 4.79 Å². The maximum Gasteiger partial charge on any atom is 0.248 e. The molecule has 0 aromatic rings. The second kappa shape index (κ2) is 9.32. The lowest BCUT2D eigenvalue weighted by Gasteiger charge is -2.20. The molecule has 1 amide bonds. The van der Waals surface area contributed by atoms with Crippen molar-refractivity contribution in [3.05, 3.63) is 0 Å². The minimum Gasteiger partial charge on any atom is -0.368 e. The molecular formula is C15H30N2O2. The van der Waals surface area contributed by atoms with Crippen molar-refractivity contribution >= 4 is 5.91 Å². The molecule has 3 atom stereocenters. The van der Waals surface area contributed by atoms with Crippen LogP contribution < -0.4 is 11.1 Å². The predicted molar refractivity (Wildman–Crippen MR) is 77.8 cm³/mol. The number of nitrogens with one attached hydrogen (secondary N) is 1. The maximum atomic E-state index is 11.8. The molecule has 0 radical (unpaired) electrons. The second-order valence-corrected chi connectivity index (χ2v) is 5.66. The van der Waals surface area contributed by atoms with Gasteiger partial charge in [-0.2, -0.15) is 0 Å². The van der Waals surface area contributed by atoms with Gasteiger partial charge in [-0.25, -0.2) is 0 Å². The molecule has 0 aromatic heterocycles. The molecule has 19 heavy (non-hydrogen) atoms. The third kappa shape index (κ3) is 5.91. The van der Waals surface area contributed by atoms with Gasteiger partial charge in [0.25, 0.3) is 0 Å². The highest BCUT2D eigenvalue weighted by molar-refractivity contribution is 5.80. The Kier molecular flexibility index (Phi) is 8.07. The molecule has 4 nitrogen and oxygen atoms in total. The molecule has 0 aliphatic heterocycles. The molecule has 0 heterocycles. The number of hydrogen-bond donors (Lipinski definition) is 2. The van der Waals surface area contributed by atoms with Gasteiger partial charge in [0.15, 0.2) is 0 Å². The SMILES string of the molecule is CCCCCNC(=O)C(C)OCC1CCCC1CN. The van der Waals surface area contributed by atoms with Gasteiger partial charge < -0.3 is 15.8 Å². The number of rotatable bonds is 9. The first-order chi connectivity index (χ1) is 9.19. The van der Waals surface area contributed by atoms with E-state index in [0.717, 1.165) is 25.9 Å². The summed E-state index contributed by atoms with van der Waals surface area (Å²) >= 11 is 0. The fraction of sp³-hybridized carbons (Fsp3) is 0.933. The highest BCUT2D eigenvalue weighted by Crippen LogP contribution is 2.31. The first-order valence-electron chi connectivity index (χ1n) is 7.78. The molecule has 1 fully saturated rings. The molecular weight excluding hydrogens is 240 g/mol. The molecule has 3 unspecified atom stereocenters. The predicted octanol–water partition coefficient (Wildman–Crippen LogP) is 2.07. The Morgan fingerprint density at radius 1 is 1.37 bits per heavy atom. The van der Waals surface area contributed by atoms with E-state index in [1.54, 1.807) is 0 Å². The van der Waals surface area contributed by atoms with Gasteiger partial charge in [0.05, 0.1) is 6.61 Å². The summed E-state index contributed by atoms with van der Waals surface area (Å²) in [6.45, 7) is 6.16. The number of unbranched alkanes of at least 4 members (excludes halogenated alkanes) is 2. The topological polar surface area (TPSA) is 64.3 Å². The molecule has 0 bridgehead atoms. The molecule has 4 heteroatoms. The molecule has 0 spiro atoms. The molecule has 0 saturated heterocycles. The van der Waals surface area contributed by atoms with Crippen molar-refractivity contribution in [1.82, 2.24) is 5.32 Å². The van der Waals surface area contributed by atoms with Crippen molar-refractivity contribution in [3.63, 3.8) is 0 Å². The molecule has 1 aliphatic rings. The van der Waals surface area contributed by atoms with Crippen molar-refractivity contribution in [1.29, 1.82) is 0 Å². The zero-order valence-corrected chi connectivity index (χ0v) is 12.5. The highest BCUT2D eigenvalue weighted by Gasteiger charge is 2.27. The molecule has 1 rings (SSSR count). The van der Waals surface area contributed by atoms with Gasteiger partial charge in [-0.1, -0.05) is 26.2 Å². The average molecular weight is 270 g/mol. The Hall–Kier alpha value is -0.610. The Bertz CT molecular complexity index is 259. The second-order valence-electron chi connectivity index (χ2n) is 5.66. The van der Waals surface area contributed by atoms with Gasteiger partial charge in [0, 0.05) is 6.54 Å². The normalized spacial score (nSPS) is 24.4. The van der Waals surface area contributed by atoms with E-state index in [0.29, 0.717) is 18.4 Å². The summed E-state index contributed by atoms with van der Waals surface area (Å²) in [5.74, 6) is 1.14. The summed E-state index contributed by atoms with van der Waals surface area (Å²) in [4.78, 5) is 11.8. The van der Waals surface area contributed by atoms with Gasteiger partial charge in [-0.15, -0.1) is 0 Å². The van der Waals surface area contributed by atoms with Crippen LogP contribution in [-0.2, 0) is 9.53 Å². The Balaban J connectivity index is 2.15. The minimum absolute atomic E-state index is 0.0124. The van der Waals surface area contributed by atoms with Crippen LogP contribution in [0.3, 0.4) is 0 Å². The van der Waals surface area contributed by atoms with E-state index in [2.05, 4.69) is 12.2 Å². The number of nitrogens with two attached hydrogens (primary N) is 1. The average Bonchev–Trinajstić information content (AvgIpc) is 2.88. The number of carbonyl (C=O) groups excluding carboxylic acids is 1. The first-order valence-corrected chi connectivity index (χ1v) is 7.78. The Morgan fingerprint density at radius 3 is 2.79 bits per heavy atom. The maximum absolute atomic E-state index is 11.8. The van der Waals surface area contributed by atoms with Crippen LogP contribution in [0.25, 0.3) is 0 Å². The van der Waals surface area contributed by atoms with Crippen molar-refractivity contribution < 1.29 is 9.53 Å². The molecule has 112 valence electrons. The van der Waals surface area contributed by atoms with Crippen LogP contribution in [-0.4, -0.2) is 31.7 Å². The number of ether oxygens (including phenoxy) is 1. The molecule has 3 N–H and O–H groups in total. The van der Waals surface area contributed by atoms with E-state index in [-0.39, 0.29) is 12.0 Å². The van der Waals surface area contributed by atoms with Crippen LogP contribution in [0.1, 0.15) is 52.4 Å². The van der Waals surface area contributed by atoms with E-state index in [9.17, 15) is 4.79 Å². The van der Waals surface area contributed by atoms with Crippen molar-refractivity contribution in [3.8, 4) is 0 Å². The fourth-order valence-corrected chi connectivity index (χ4v) is 2.72. The van der Waals surface area contributed by atoms with Crippen LogP contribution in [0, 0.1) is 11.8 Å². The smallest absolute Gasteiger partial charge is 0.248 e. The van der Waals surface area contributed by atoms with Gasteiger partial charge in [0.2, 0.25) is 5.91 Å². The van der Waals surface area contributed by atoms with Crippen LogP contribution in [0.2, 0.25) is 0 Å².